The number of nitrogens with zero attached hydrogens (tertiary/aromatic N) is 1. The second-order valence-corrected chi connectivity index (χ2v) is 6.68. The third-order valence-corrected chi connectivity index (χ3v) is 5.75. The lowest BCUT2D eigenvalue weighted by Gasteiger charge is -2.58. The third kappa shape index (κ3) is 1.51. The standard InChI is InChI=1S/C16H21NO2/c1-19-14-3-2-4-17-15(14)16(18)12-6-10-5-11(8-12)9-13(16)7-10/h2-4,10-13,18H,5-9H2,1H3. The SMILES string of the molecule is COc1cccnc1C1(O)C2CC3CC(C2)CC1C3. The molecule has 0 atom stereocenters. The van der Waals surface area contributed by atoms with Gasteiger partial charge >= 0.3 is 0 Å². The number of aliphatic hydroxyl groups is 1. The molecular weight excluding hydrogens is 238 g/mol. The monoisotopic (exact) mass is 259 g/mol. The summed E-state index contributed by atoms with van der Waals surface area (Å²) < 4.78 is 5.44. The van der Waals surface area contributed by atoms with Gasteiger partial charge in [0.05, 0.1) is 7.11 Å². The average molecular weight is 259 g/mol. The molecule has 0 unspecified atom stereocenters. The van der Waals surface area contributed by atoms with Gasteiger partial charge in [0.25, 0.3) is 0 Å². The van der Waals surface area contributed by atoms with Crippen molar-refractivity contribution in [3.63, 3.8) is 0 Å². The molecular formula is C16H21NO2. The zero-order valence-electron chi connectivity index (χ0n) is 11.4. The highest BCUT2D eigenvalue weighted by atomic mass is 16.5. The van der Waals surface area contributed by atoms with Crippen LogP contribution in [0.1, 0.15) is 37.8 Å². The van der Waals surface area contributed by atoms with Gasteiger partial charge in [0, 0.05) is 6.20 Å². The maximum atomic E-state index is 11.4. The molecule has 0 aliphatic heterocycles. The van der Waals surface area contributed by atoms with Gasteiger partial charge in [-0.3, -0.25) is 4.98 Å². The van der Waals surface area contributed by atoms with Crippen LogP contribution in [0.15, 0.2) is 18.3 Å². The van der Waals surface area contributed by atoms with E-state index in [1.54, 1.807) is 13.3 Å². The highest BCUT2D eigenvalue weighted by Gasteiger charge is 2.58. The van der Waals surface area contributed by atoms with E-state index in [-0.39, 0.29) is 0 Å². The molecule has 4 aliphatic rings. The van der Waals surface area contributed by atoms with E-state index in [9.17, 15) is 5.11 Å². The number of methoxy groups -OCH3 is 1. The summed E-state index contributed by atoms with van der Waals surface area (Å²) in [6, 6.07) is 3.80. The van der Waals surface area contributed by atoms with Crippen LogP contribution in [0.3, 0.4) is 0 Å². The normalized spacial score (nSPS) is 43.5. The second kappa shape index (κ2) is 3.95. The molecule has 5 rings (SSSR count). The number of pyridine rings is 1. The van der Waals surface area contributed by atoms with E-state index in [0.717, 1.165) is 23.3 Å². The van der Waals surface area contributed by atoms with Crippen LogP contribution in [-0.4, -0.2) is 17.2 Å². The molecule has 4 saturated carbocycles. The van der Waals surface area contributed by atoms with Gasteiger partial charge in [0.1, 0.15) is 17.0 Å². The van der Waals surface area contributed by atoms with Crippen LogP contribution < -0.4 is 4.74 Å². The fourth-order valence-electron chi connectivity index (χ4n) is 5.15. The molecule has 102 valence electrons. The predicted octanol–water partition coefficient (Wildman–Crippen LogP) is 2.73. The van der Waals surface area contributed by atoms with Crippen molar-refractivity contribution in [2.45, 2.75) is 37.7 Å². The summed E-state index contributed by atoms with van der Waals surface area (Å²) in [5.41, 5.74) is 0.0336. The number of ether oxygens (including phenoxy) is 1. The first-order valence-electron chi connectivity index (χ1n) is 7.43. The van der Waals surface area contributed by atoms with Gasteiger partial charge in [-0.1, -0.05) is 0 Å². The summed E-state index contributed by atoms with van der Waals surface area (Å²) in [4.78, 5) is 4.49. The van der Waals surface area contributed by atoms with Crippen molar-refractivity contribution in [3.05, 3.63) is 24.0 Å². The summed E-state index contributed by atoms with van der Waals surface area (Å²) in [6.45, 7) is 0. The number of hydrogen-bond acceptors (Lipinski definition) is 3. The maximum Gasteiger partial charge on any atom is 0.143 e. The van der Waals surface area contributed by atoms with Gasteiger partial charge in [-0.2, -0.15) is 0 Å². The quantitative estimate of drug-likeness (QED) is 0.888. The Labute approximate surface area is 114 Å². The first kappa shape index (κ1) is 11.7. The Hall–Kier alpha value is -1.09. The van der Waals surface area contributed by atoms with Crippen LogP contribution in [-0.2, 0) is 5.60 Å². The van der Waals surface area contributed by atoms with Crippen LogP contribution >= 0.6 is 0 Å². The Balaban J connectivity index is 1.80. The Morgan fingerprint density at radius 3 is 2.37 bits per heavy atom. The predicted molar refractivity (Wildman–Crippen MR) is 71.7 cm³/mol. The summed E-state index contributed by atoms with van der Waals surface area (Å²) in [5.74, 6) is 3.20. The van der Waals surface area contributed by atoms with Gasteiger partial charge < -0.3 is 9.84 Å². The summed E-state index contributed by atoms with van der Waals surface area (Å²) in [6.07, 6.45) is 7.85. The van der Waals surface area contributed by atoms with Crippen molar-refractivity contribution >= 4 is 0 Å². The third-order valence-electron chi connectivity index (χ3n) is 5.75. The topological polar surface area (TPSA) is 42.4 Å². The van der Waals surface area contributed by atoms with Crippen LogP contribution in [0.2, 0.25) is 0 Å². The summed E-state index contributed by atoms with van der Waals surface area (Å²) in [7, 11) is 1.67. The average Bonchev–Trinajstić information content (AvgIpc) is 2.43. The van der Waals surface area contributed by atoms with Gasteiger partial charge in [0.2, 0.25) is 0 Å². The van der Waals surface area contributed by atoms with Crippen molar-refractivity contribution in [2.75, 3.05) is 7.11 Å². The molecule has 1 N–H and O–H groups in total. The van der Waals surface area contributed by atoms with Crippen molar-refractivity contribution < 1.29 is 9.84 Å². The molecule has 4 fully saturated rings. The lowest BCUT2D eigenvalue weighted by atomic mass is 9.49. The van der Waals surface area contributed by atoms with E-state index < -0.39 is 5.60 Å². The minimum Gasteiger partial charge on any atom is -0.495 e. The molecule has 0 aromatic carbocycles. The van der Waals surface area contributed by atoms with Crippen molar-refractivity contribution in [1.82, 2.24) is 4.98 Å². The Bertz CT molecular complexity index is 471. The largest absolute Gasteiger partial charge is 0.495 e. The molecule has 4 aliphatic carbocycles. The minimum atomic E-state index is -0.750. The van der Waals surface area contributed by atoms with Crippen LogP contribution in [0.5, 0.6) is 5.75 Å². The van der Waals surface area contributed by atoms with Crippen LogP contribution in [0.4, 0.5) is 0 Å². The molecule has 1 aromatic rings. The smallest absolute Gasteiger partial charge is 0.143 e. The van der Waals surface area contributed by atoms with Gasteiger partial charge in [-0.15, -0.1) is 0 Å². The molecule has 4 bridgehead atoms. The summed E-state index contributed by atoms with van der Waals surface area (Å²) in [5, 5.41) is 11.4. The van der Waals surface area contributed by atoms with E-state index in [1.807, 2.05) is 12.1 Å². The van der Waals surface area contributed by atoms with Gasteiger partial charge in [-0.05, 0) is 67.9 Å². The van der Waals surface area contributed by atoms with Gasteiger partial charge in [-0.25, -0.2) is 0 Å². The maximum absolute atomic E-state index is 11.4. The molecule has 1 heterocycles. The minimum absolute atomic E-state index is 0.382. The molecule has 0 radical (unpaired) electrons. The Kier molecular flexibility index (Phi) is 2.44. The molecule has 1 aromatic heterocycles. The van der Waals surface area contributed by atoms with E-state index in [2.05, 4.69) is 4.98 Å². The molecule has 19 heavy (non-hydrogen) atoms. The van der Waals surface area contributed by atoms with E-state index in [4.69, 9.17) is 4.74 Å². The number of hydrogen-bond donors (Lipinski definition) is 1. The lowest BCUT2D eigenvalue weighted by molar-refractivity contribution is -0.182. The van der Waals surface area contributed by atoms with Crippen LogP contribution in [0.25, 0.3) is 0 Å². The highest BCUT2D eigenvalue weighted by Crippen LogP contribution is 2.62. The summed E-state index contributed by atoms with van der Waals surface area (Å²) >= 11 is 0. The van der Waals surface area contributed by atoms with E-state index >= 15 is 0 Å². The Morgan fingerprint density at radius 2 is 1.79 bits per heavy atom. The first-order chi connectivity index (χ1) is 9.21. The fourth-order valence-corrected chi connectivity index (χ4v) is 5.15. The molecule has 0 amide bonds. The van der Waals surface area contributed by atoms with Crippen molar-refractivity contribution in [2.24, 2.45) is 23.7 Å². The second-order valence-electron chi connectivity index (χ2n) is 6.68. The number of aromatic nitrogens is 1. The first-order valence-corrected chi connectivity index (χ1v) is 7.43. The zero-order chi connectivity index (χ0) is 13.0. The van der Waals surface area contributed by atoms with Crippen molar-refractivity contribution in [1.29, 1.82) is 0 Å². The molecule has 0 spiro atoms. The van der Waals surface area contributed by atoms with E-state index in [0.29, 0.717) is 11.8 Å². The fraction of sp³-hybridized carbons (Fsp3) is 0.688. The van der Waals surface area contributed by atoms with E-state index in [1.165, 1.54) is 32.1 Å². The Morgan fingerprint density at radius 1 is 1.16 bits per heavy atom. The number of rotatable bonds is 2. The highest BCUT2D eigenvalue weighted by molar-refractivity contribution is 5.34. The van der Waals surface area contributed by atoms with Gasteiger partial charge in [0.15, 0.2) is 0 Å². The molecule has 3 heteroatoms. The van der Waals surface area contributed by atoms with Crippen molar-refractivity contribution in [3.8, 4) is 5.75 Å². The lowest BCUT2D eigenvalue weighted by Crippen LogP contribution is -2.56. The zero-order valence-corrected chi connectivity index (χ0v) is 11.4. The van der Waals surface area contributed by atoms with Crippen LogP contribution in [0, 0.1) is 23.7 Å². The molecule has 0 saturated heterocycles. The molecule has 3 nitrogen and oxygen atoms in total.